The molecule has 1 aromatic heterocycles. The largest absolute Gasteiger partial charge is 0.257 e. The van der Waals surface area contributed by atoms with Crippen molar-refractivity contribution in [2.24, 2.45) is 11.8 Å². The third-order valence-electron chi connectivity index (χ3n) is 5.74. The number of hydrogen-bond acceptors (Lipinski definition) is 4. The van der Waals surface area contributed by atoms with Crippen LogP contribution in [-0.2, 0) is 16.3 Å². The fraction of sp³-hybridized carbons (Fsp3) is 0.545. The number of sulfone groups is 1. The molecule has 5 heteroatoms. The smallest absolute Gasteiger partial charge is 0.152 e. The van der Waals surface area contributed by atoms with Crippen LogP contribution in [-0.4, -0.2) is 29.4 Å². The first-order chi connectivity index (χ1) is 12.9. The van der Waals surface area contributed by atoms with Gasteiger partial charge in [-0.1, -0.05) is 43.2 Å². The second kappa shape index (κ2) is 8.96. The van der Waals surface area contributed by atoms with Gasteiger partial charge in [-0.3, -0.25) is 9.97 Å². The van der Waals surface area contributed by atoms with Gasteiger partial charge >= 0.3 is 0 Å². The topological polar surface area (TPSA) is 59.9 Å². The third-order valence-corrected chi connectivity index (χ3v) is 8.11. The van der Waals surface area contributed by atoms with E-state index in [2.05, 4.69) is 9.97 Å². The van der Waals surface area contributed by atoms with E-state index in [4.69, 9.17) is 0 Å². The Hall–Kier alpha value is -1.75. The van der Waals surface area contributed by atoms with Crippen LogP contribution in [0.5, 0.6) is 0 Å². The number of nitrogens with zero attached hydrogens (tertiary/aromatic N) is 2. The molecule has 3 rings (SSSR count). The Kier molecular flexibility index (Phi) is 6.64. The number of hydrogen-bond donors (Lipinski definition) is 0. The fourth-order valence-corrected chi connectivity index (χ4v) is 5.18. The van der Waals surface area contributed by atoms with Gasteiger partial charge in [0.2, 0.25) is 0 Å². The highest BCUT2D eigenvalue weighted by Crippen LogP contribution is 2.32. The van der Waals surface area contributed by atoms with Crippen LogP contribution in [0.3, 0.4) is 0 Å². The van der Waals surface area contributed by atoms with E-state index in [9.17, 15) is 8.42 Å². The Bertz CT molecular complexity index is 809. The lowest BCUT2D eigenvalue weighted by Crippen LogP contribution is -2.26. The summed E-state index contributed by atoms with van der Waals surface area (Å²) in [5, 5.41) is -0.257. The van der Waals surface area contributed by atoms with Gasteiger partial charge in [0.15, 0.2) is 9.84 Å². The summed E-state index contributed by atoms with van der Waals surface area (Å²) in [4.78, 5) is 9.13. The van der Waals surface area contributed by atoms with Crippen molar-refractivity contribution in [1.29, 1.82) is 0 Å². The Labute approximate surface area is 163 Å². The Morgan fingerprint density at radius 3 is 2.22 bits per heavy atom. The second-order valence-electron chi connectivity index (χ2n) is 8.06. The van der Waals surface area contributed by atoms with Gasteiger partial charge < -0.3 is 0 Å². The molecule has 1 saturated carbocycles. The molecule has 2 aromatic rings. The number of aryl methyl sites for hydroxylation is 1. The minimum absolute atomic E-state index is 0.257. The van der Waals surface area contributed by atoms with Crippen molar-refractivity contribution < 1.29 is 8.42 Å². The summed E-state index contributed by atoms with van der Waals surface area (Å²) in [5.41, 5.74) is 3.04. The summed E-state index contributed by atoms with van der Waals surface area (Å²) in [6.07, 6.45) is 10.2. The van der Waals surface area contributed by atoms with Crippen molar-refractivity contribution >= 4 is 9.84 Å². The SMILES string of the molecule is CC(C)S(=O)(=O)CC1CCC(CCc2cnc(-c3ccccc3)cn2)CC1. The van der Waals surface area contributed by atoms with E-state index in [0.717, 1.165) is 55.5 Å². The lowest BCUT2D eigenvalue weighted by Gasteiger charge is -2.28. The zero-order valence-corrected chi connectivity index (χ0v) is 17.2. The molecule has 0 aliphatic heterocycles. The van der Waals surface area contributed by atoms with Gasteiger partial charge in [0.05, 0.1) is 28.6 Å². The molecule has 0 atom stereocenters. The van der Waals surface area contributed by atoms with Crippen LogP contribution < -0.4 is 0 Å². The molecular formula is C22H30N2O2S. The minimum atomic E-state index is -2.92. The number of aromatic nitrogens is 2. The molecule has 0 spiro atoms. The van der Waals surface area contributed by atoms with E-state index in [1.54, 1.807) is 13.8 Å². The maximum atomic E-state index is 12.1. The molecule has 0 bridgehead atoms. The van der Waals surface area contributed by atoms with Crippen molar-refractivity contribution in [3.05, 3.63) is 48.4 Å². The van der Waals surface area contributed by atoms with Crippen LogP contribution in [0.4, 0.5) is 0 Å². The van der Waals surface area contributed by atoms with Crippen LogP contribution >= 0.6 is 0 Å². The first-order valence-corrected chi connectivity index (χ1v) is 11.7. The van der Waals surface area contributed by atoms with E-state index in [1.165, 1.54) is 0 Å². The molecule has 27 heavy (non-hydrogen) atoms. The molecular weight excluding hydrogens is 356 g/mol. The van der Waals surface area contributed by atoms with Crippen molar-refractivity contribution in [1.82, 2.24) is 9.97 Å². The maximum Gasteiger partial charge on any atom is 0.152 e. The first kappa shape index (κ1) is 20.0. The standard InChI is InChI=1S/C22H30N2O2S/c1-17(2)27(25,26)16-19-10-8-18(9-11-19)12-13-21-14-24-22(15-23-21)20-6-4-3-5-7-20/h3-7,14-15,17-19H,8-13,16H2,1-2H3. The molecule has 0 radical (unpaired) electrons. The Balaban J connectivity index is 1.45. The molecule has 0 N–H and O–H groups in total. The molecule has 1 aliphatic carbocycles. The zero-order chi connectivity index (χ0) is 19.3. The van der Waals surface area contributed by atoms with Gasteiger partial charge in [-0.2, -0.15) is 0 Å². The van der Waals surface area contributed by atoms with Gasteiger partial charge in [0, 0.05) is 11.8 Å². The summed E-state index contributed by atoms with van der Waals surface area (Å²) in [5.74, 6) is 1.39. The fourth-order valence-electron chi connectivity index (χ4n) is 3.80. The molecule has 1 aliphatic rings. The van der Waals surface area contributed by atoms with E-state index < -0.39 is 9.84 Å². The molecule has 0 saturated heterocycles. The third kappa shape index (κ3) is 5.61. The average Bonchev–Trinajstić information content (AvgIpc) is 2.68. The van der Waals surface area contributed by atoms with E-state index in [1.807, 2.05) is 42.7 Å². The summed E-state index contributed by atoms with van der Waals surface area (Å²) in [7, 11) is -2.92. The second-order valence-corrected chi connectivity index (χ2v) is 10.7. The van der Waals surface area contributed by atoms with Crippen molar-refractivity contribution in [2.75, 3.05) is 5.75 Å². The lowest BCUT2D eigenvalue weighted by molar-refractivity contribution is 0.278. The first-order valence-electron chi connectivity index (χ1n) is 10.0. The molecule has 146 valence electrons. The van der Waals surface area contributed by atoms with Crippen molar-refractivity contribution in [2.45, 2.75) is 57.6 Å². The van der Waals surface area contributed by atoms with Gasteiger partial charge in [-0.25, -0.2) is 8.42 Å². The molecule has 0 amide bonds. The highest BCUT2D eigenvalue weighted by Gasteiger charge is 2.27. The number of rotatable bonds is 7. The number of benzene rings is 1. The van der Waals surface area contributed by atoms with Crippen molar-refractivity contribution in [3.63, 3.8) is 0 Å². The highest BCUT2D eigenvalue weighted by atomic mass is 32.2. The minimum Gasteiger partial charge on any atom is -0.257 e. The Morgan fingerprint density at radius 1 is 0.963 bits per heavy atom. The molecule has 1 fully saturated rings. The molecule has 1 aromatic carbocycles. The molecule has 4 nitrogen and oxygen atoms in total. The zero-order valence-electron chi connectivity index (χ0n) is 16.3. The van der Waals surface area contributed by atoms with E-state index in [-0.39, 0.29) is 5.25 Å². The van der Waals surface area contributed by atoms with Crippen LogP contribution in [0.1, 0.15) is 51.6 Å². The predicted octanol–water partition coefficient (Wildman–Crippen LogP) is 4.71. The van der Waals surface area contributed by atoms with Crippen molar-refractivity contribution in [3.8, 4) is 11.3 Å². The van der Waals surface area contributed by atoms with Crippen LogP contribution in [0.25, 0.3) is 11.3 Å². The van der Waals surface area contributed by atoms with Crippen LogP contribution in [0, 0.1) is 11.8 Å². The van der Waals surface area contributed by atoms with E-state index >= 15 is 0 Å². The monoisotopic (exact) mass is 386 g/mol. The predicted molar refractivity (Wildman–Crippen MR) is 110 cm³/mol. The molecule has 1 heterocycles. The highest BCUT2D eigenvalue weighted by molar-refractivity contribution is 7.91. The maximum absolute atomic E-state index is 12.1. The summed E-state index contributed by atoms with van der Waals surface area (Å²) >= 11 is 0. The van der Waals surface area contributed by atoms with Gasteiger partial charge in [0.25, 0.3) is 0 Å². The van der Waals surface area contributed by atoms with Crippen LogP contribution in [0.15, 0.2) is 42.7 Å². The Morgan fingerprint density at radius 2 is 1.63 bits per heavy atom. The van der Waals surface area contributed by atoms with Gasteiger partial charge in [0.1, 0.15) is 0 Å². The van der Waals surface area contributed by atoms with E-state index in [0.29, 0.717) is 17.6 Å². The summed E-state index contributed by atoms with van der Waals surface area (Å²) in [6.45, 7) is 3.57. The molecule has 0 unspecified atom stereocenters. The normalized spacial score (nSPS) is 20.7. The van der Waals surface area contributed by atoms with Crippen LogP contribution in [0.2, 0.25) is 0 Å². The van der Waals surface area contributed by atoms with Gasteiger partial charge in [-0.05, 0) is 51.4 Å². The summed E-state index contributed by atoms with van der Waals surface area (Å²) in [6, 6.07) is 10.1. The van der Waals surface area contributed by atoms with Gasteiger partial charge in [-0.15, -0.1) is 0 Å². The average molecular weight is 387 g/mol. The quantitative estimate of drug-likeness (QED) is 0.692. The summed E-state index contributed by atoms with van der Waals surface area (Å²) < 4.78 is 24.2. The lowest BCUT2D eigenvalue weighted by atomic mass is 9.80.